The summed E-state index contributed by atoms with van der Waals surface area (Å²) >= 11 is 6.83. The third-order valence-corrected chi connectivity index (χ3v) is 4.63. The van der Waals surface area contributed by atoms with E-state index >= 15 is 0 Å². The number of hydrogen-bond donors (Lipinski definition) is 2. The van der Waals surface area contributed by atoms with Crippen molar-refractivity contribution in [1.29, 1.82) is 0 Å². The van der Waals surface area contributed by atoms with Gasteiger partial charge in [-0.2, -0.15) is 0 Å². The molecule has 0 radical (unpaired) electrons. The van der Waals surface area contributed by atoms with Crippen LogP contribution in [0.4, 0.5) is 5.13 Å². The molecule has 0 bridgehead atoms. The highest BCUT2D eigenvalue weighted by Crippen LogP contribution is 2.29. The fourth-order valence-corrected chi connectivity index (χ4v) is 3.33. The first-order valence-corrected chi connectivity index (χ1v) is 7.99. The Balaban J connectivity index is 1.68. The maximum absolute atomic E-state index is 5.27. The minimum atomic E-state index is 0.688. The summed E-state index contributed by atoms with van der Waals surface area (Å²) in [6.07, 6.45) is 8.76. The maximum atomic E-state index is 5.27. The quantitative estimate of drug-likeness (QED) is 0.827. The number of anilines is 1. The number of nitrogens with one attached hydrogen (secondary N) is 2. The van der Waals surface area contributed by atoms with Gasteiger partial charge in [0.05, 0.1) is 0 Å². The van der Waals surface area contributed by atoms with Crippen LogP contribution < -0.4 is 10.6 Å². The van der Waals surface area contributed by atoms with E-state index in [4.69, 9.17) is 12.2 Å². The molecule has 18 heavy (non-hydrogen) atoms. The molecule has 1 aromatic rings. The maximum Gasteiger partial charge on any atom is 0.188 e. The molecule has 1 fully saturated rings. The fourth-order valence-electron chi connectivity index (χ4n) is 2.55. The van der Waals surface area contributed by atoms with Crippen LogP contribution in [0.3, 0.4) is 0 Å². The summed E-state index contributed by atoms with van der Waals surface area (Å²) in [5, 5.41) is 9.90. The van der Waals surface area contributed by atoms with Crippen LogP contribution in [0.15, 0.2) is 11.6 Å². The second kappa shape index (κ2) is 7.04. The normalized spacial score (nSPS) is 18.3. The number of aromatic nitrogens is 1. The van der Waals surface area contributed by atoms with Gasteiger partial charge < -0.3 is 10.6 Å². The van der Waals surface area contributed by atoms with Crippen LogP contribution in [0.25, 0.3) is 0 Å². The van der Waals surface area contributed by atoms with E-state index < -0.39 is 0 Å². The van der Waals surface area contributed by atoms with Crippen LogP contribution >= 0.6 is 23.6 Å². The predicted molar refractivity (Wildman–Crippen MR) is 82.1 cm³/mol. The molecular weight excluding hydrogens is 262 g/mol. The van der Waals surface area contributed by atoms with Gasteiger partial charge in [-0.1, -0.05) is 39.0 Å². The van der Waals surface area contributed by atoms with Gasteiger partial charge in [-0.15, -0.1) is 11.3 Å². The van der Waals surface area contributed by atoms with Crippen LogP contribution in [-0.2, 0) is 0 Å². The first kappa shape index (κ1) is 13.7. The molecule has 0 aromatic carbocycles. The number of thiazole rings is 1. The van der Waals surface area contributed by atoms with Gasteiger partial charge in [-0.3, -0.25) is 0 Å². The molecule has 1 atom stereocenters. The Bertz CT molecular complexity index is 358. The van der Waals surface area contributed by atoms with Gasteiger partial charge in [-0.25, -0.2) is 4.98 Å². The molecular formula is C13H21N3S2. The summed E-state index contributed by atoms with van der Waals surface area (Å²) in [5.74, 6) is 1.57. The lowest BCUT2D eigenvalue weighted by Gasteiger charge is -2.28. The van der Waals surface area contributed by atoms with E-state index in [-0.39, 0.29) is 0 Å². The van der Waals surface area contributed by atoms with Gasteiger partial charge in [0, 0.05) is 18.1 Å². The van der Waals surface area contributed by atoms with Crippen molar-refractivity contribution in [2.75, 3.05) is 11.9 Å². The second-order valence-electron chi connectivity index (χ2n) is 5.05. The Kier molecular flexibility index (Phi) is 5.38. The van der Waals surface area contributed by atoms with Crippen molar-refractivity contribution in [2.24, 2.45) is 11.8 Å². The Morgan fingerprint density at radius 1 is 1.50 bits per heavy atom. The molecule has 1 aliphatic rings. The first-order chi connectivity index (χ1) is 8.75. The lowest BCUT2D eigenvalue weighted by Crippen LogP contribution is -2.34. The first-order valence-electron chi connectivity index (χ1n) is 6.70. The Morgan fingerprint density at radius 3 is 2.94 bits per heavy atom. The van der Waals surface area contributed by atoms with E-state index in [1.165, 1.54) is 32.1 Å². The molecule has 2 rings (SSSR count). The summed E-state index contributed by atoms with van der Waals surface area (Å²) < 4.78 is 0. The number of rotatable bonds is 4. The lowest BCUT2D eigenvalue weighted by molar-refractivity contribution is 0.264. The van der Waals surface area contributed by atoms with Gasteiger partial charge in [0.2, 0.25) is 0 Å². The molecule has 0 amide bonds. The van der Waals surface area contributed by atoms with Crippen molar-refractivity contribution >= 4 is 33.8 Å². The Hall–Kier alpha value is -0.680. The van der Waals surface area contributed by atoms with E-state index in [1.807, 2.05) is 5.38 Å². The molecule has 0 spiro atoms. The molecule has 1 aliphatic carbocycles. The SMILES string of the molecule is C[C@@H](CNC(=S)Nc1nccs1)C1CCCCC1. The van der Waals surface area contributed by atoms with Gasteiger partial charge in [0.1, 0.15) is 0 Å². The van der Waals surface area contributed by atoms with Crippen LogP contribution in [0.2, 0.25) is 0 Å². The van der Waals surface area contributed by atoms with Crippen LogP contribution in [-0.4, -0.2) is 16.6 Å². The van der Waals surface area contributed by atoms with E-state index in [9.17, 15) is 0 Å². The molecule has 1 aromatic heterocycles. The highest BCUT2D eigenvalue weighted by atomic mass is 32.1. The summed E-state index contributed by atoms with van der Waals surface area (Å²) in [4.78, 5) is 4.15. The number of nitrogens with zero attached hydrogens (tertiary/aromatic N) is 1. The van der Waals surface area contributed by atoms with Gasteiger partial charge >= 0.3 is 0 Å². The minimum absolute atomic E-state index is 0.688. The average Bonchev–Trinajstić information content (AvgIpc) is 2.90. The molecule has 0 unspecified atom stereocenters. The van der Waals surface area contributed by atoms with Crippen LogP contribution in [0.1, 0.15) is 39.0 Å². The summed E-state index contributed by atoms with van der Waals surface area (Å²) in [6, 6.07) is 0. The van der Waals surface area contributed by atoms with Gasteiger partial charge in [0.15, 0.2) is 10.2 Å². The molecule has 1 heterocycles. The number of thiocarbonyl (C=S) groups is 1. The average molecular weight is 283 g/mol. The van der Waals surface area contributed by atoms with E-state index in [0.717, 1.165) is 17.6 Å². The third kappa shape index (κ3) is 4.21. The Labute approximate surface area is 118 Å². The minimum Gasteiger partial charge on any atom is -0.362 e. The van der Waals surface area contributed by atoms with Crippen molar-refractivity contribution in [1.82, 2.24) is 10.3 Å². The highest BCUT2D eigenvalue weighted by Gasteiger charge is 2.19. The smallest absolute Gasteiger partial charge is 0.188 e. The van der Waals surface area contributed by atoms with Crippen LogP contribution in [0, 0.1) is 11.8 Å². The Morgan fingerprint density at radius 2 is 2.28 bits per heavy atom. The summed E-state index contributed by atoms with van der Waals surface area (Å²) in [5.41, 5.74) is 0. The zero-order chi connectivity index (χ0) is 12.8. The third-order valence-electron chi connectivity index (χ3n) is 3.69. The molecule has 5 heteroatoms. The fraction of sp³-hybridized carbons (Fsp3) is 0.692. The van der Waals surface area contributed by atoms with E-state index in [0.29, 0.717) is 11.0 Å². The molecule has 2 N–H and O–H groups in total. The van der Waals surface area contributed by atoms with Crippen molar-refractivity contribution in [3.63, 3.8) is 0 Å². The predicted octanol–water partition coefficient (Wildman–Crippen LogP) is 3.65. The molecule has 100 valence electrons. The summed E-state index contributed by atoms with van der Waals surface area (Å²) in [7, 11) is 0. The highest BCUT2D eigenvalue weighted by molar-refractivity contribution is 7.80. The van der Waals surface area contributed by atoms with Crippen molar-refractivity contribution in [3.05, 3.63) is 11.6 Å². The monoisotopic (exact) mass is 283 g/mol. The zero-order valence-electron chi connectivity index (χ0n) is 10.8. The van der Waals surface area contributed by atoms with Crippen molar-refractivity contribution < 1.29 is 0 Å². The molecule has 0 saturated heterocycles. The van der Waals surface area contributed by atoms with Gasteiger partial charge in [-0.05, 0) is 24.1 Å². The molecule has 1 saturated carbocycles. The number of hydrogen-bond acceptors (Lipinski definition) is 3. The molecule has 0 aliphatic heterocycles. The lowest BCUT2D eigenvalue weighted by atomic mass is 9.81. The molecule has 3 nitrogen and oxygen atoms in total. The largest absolute Gasteiger partial charge is 0.362 e. The van der Waals surface area contributed by atoms with E-state index in [2.05, 4.69) is 22.5 Å². The second-order valence-corrected chi connectivity index (χ2v) is 6.35. The topological polar surface area (TPSA) is 37.0 Å². The standard InChI is InChI=1S/C13H21N3S2/c1-10(11-5-3-2-4-6-11)9-15-12(17)16-13-14-7-8-18-13/h7-8,10-11H,2-6,9H2,1H3,(H2,14,15,16,17)/t10-/m0/s1. The van der Waals surface area contributed by atoms with Crippen LogP contribution in [0.5, 0.6) is 0 Å². The van der Waals surface area contributed by atoms with Crippen molar-refractivity contribution in [3.8, 4) is 0 Å². The van der Waals surface area contributed by atoms with Gasteiger partial charge in [0.25, 0.3) is 0 Å². The van der Waals surface area contributed by atoms with Crippen molar-refractivity contribution in [2.45, 2.75) is 39.0 Å². The zero-order valence-corrected chi connectivity index (χ0v) is 12.4. The van der Waals surface area contributed by atoms with E-state index in [1.54, 1.807) is 17.5 Å². The summed E-state index contributed by atoms with van der Waals surface area (Å²) in [6.45, 7) is 3.29.